The maximum Gasteiger partial charge on any atom is 0.311 e. The zero-order valence-electron chi connectivity index (χ0n) is 12.1. The van der Waals surface area contributed by atoms with E-state index < -0.39 is 21.2 Å². The lowest BCUT2D eigenvalue weighted by Crippen LogP contribution is -2.40. The molecule has 0 spiro atoms. The Hall–Kier alpha value is -0.620. The van der Waals surface area contributed by atoms with Gasteiger partial charge in [0.25, 0.3) is 0 Å². The predicted octanol–water partition coefficient (Wildman–Crippen LogP) is 1.24. The number of rotatable bonds is 7. The summed E-state index contributed by atoms with van der Waals surface area (Å²) in [6, 6.07) is 0. The van der Waals surface area contributed by atoms with Gasteiger partial charge in [-0.15, -0.1) is 0 Å². The molecule has 0 radical (unpaired) electrons. The van der Waals surface area contributed by atoms with Gasteiger partial charge in [0.1, 0.15) is 0 Å². The first-order valence-corrected chi connectivity index (χ1v) is 8.72. The summed E-state index contributed by atoms with van der Waals surface area (Å²) in [5, 5.41) is 9.42. The fraction of sp³-hybridized carbons (Fsp3) is 0.923. The van der Waals surface area contributed by atoms with Crippen LogP contribution < -0.4 is 0 Å². The molecular formula is C13H25NO4S. The van der Waals surface area contributed by atoms with Crippen molar-refractivity contribution in [2.45, 2.75) is 33.6 Å². The summed E-state index contributed by atoms with van der Waals surface area (Å²) < 4.78 is 23.3. The average molecular weight is 291 g/mol. The van der Waals surface area contributed by atoms with Gasteiger partial charge >= 0.3 is 5.97 Å². The summed E-state index contributed by atoms with van der Waals surface area (Å²) in [6.45, 7) is 7.27. The van der Waals surface area contributed by atoms with Crippen LogP contribution in [0.2, 0.25) is 0 Å². The summed E-state index contributed by atoms with van der Waals surface area (Å²) in [4.78, 5) is 13.4. The van der Waals surface area contributed by atoms with Crippen molar-refractivity contribution in [2.24, 2.45) is 11.3 Å². The third kappa shape index (κ3) is 3.92. The van der Waals surface area contributed by atoms with Gasteiger partial charge in [0.05, 0.1) is 11.2 Å². The molecule has 1 N–H and O–H groups in total. The molecule has 0 bridgehead atoms. The lowest BCUT2D eigenvalue weighted by atomic mass is 9.76. The van der Waals surface area contributed by atoms with E-state index in [2.05, 4.69) is 0 Å². The van der Waals surface area contributed by atoms with Gasteiger partial charge in [0.2, 0.25) is 0 Å². The molecule has 0 aromatic heterocycles. The maximum atomic E-state index is 11.7. The van der Waals surface area contributed by atoms with Gasteiger partial charge < -0.3 is 10.0 Å². The zero-order valence-corrected chi connectivity index (χ0v) is 12.9. The average Bonchev–Trinajstić information content (AvgIpc) is 2.72. The van der Waals surface area contributed by atoms with Crippen molar-refractivity contribution in [1.82, 2.24) is 4.90 Å². The van der Waals surface area contributed by atoms with Crippen LogP contribution in [0.25, 0.3) is 0 Å². The van der Waals surface area contributed by atoms with Crippen molar-refractivity contribution in [2.75, 3.05) is 31.1 Å². The topological polar surface area (TPSA) is 74.7 Å². The van der Waals surface area contributed by atoms with Crippen LogP contribution in [0.1, 0.15) is 33.6 Å². The molecule has 1 rings (SSSR count). The van der Waals surface area contributed by atoms with Gasteiger partial charge in [-0.2, -0.15) is 0 Å². The molecule has 0 saturated carbocycles. The number of carbonyl (C=O) groups is 1. The van der Waals surface area contributed by atoms with Crippen LogP contribution in [0.15, 0.2) is 0 Å². The van der Waals surface area contributed by atoms with Gasteiger partial charge in [-0.3, -0.25) is 4.79 Å². The lowest BCUT2D eigenvalue weighted by Gasteiger charge is -2.28. The lowest BCUT2D eigenvalue weighted by molar-refractivity contribution is -0.150. The van der Waals surface area contributed by atoms with Crippen LogP contribution in [0.5, 0.6) is 0 Å². The second-order valence-corrected chi connectivity index (χ2v) is 8.10. The molecule has 1 aliphatic rings. The standard InChI is InChI=1S/C13H25NO4S/c1-4-8-19(17,18)9-7-14-6-5-13(10-14,11(2)3)12(15)16/h11H,4-10H2,1-3H3,(H,15,16). The molecule has 1 unspecified atom stereocenters. The zero-order chi connectivity index (χ0) is 14.7. The van der Waals surface area contributed by atoms with E-state index in [0.29, 0.717) is 32.5 Å². The number of aliphatic carboxylic acids is 1. The Balaban J connectivity index is 2.59. The minimum Gasteiger partial charge on any atom is -0.481 e. The number of carboxylic acid groups (broad SMARTS) is 1. The molecule has 1 heterocycles. The molecule has 0 aromatic rings. The molecule has 1 atom stereocenters. The number of nitrogens with zero attached hydrogens (tertiary/aromatic N) is 1. The van der Waals surface area contributed by atoms with Gasteiger partial charge in [0.15, 0.2) is 9.84 Å². The van der Waals surface area contributed by atoms with Crippen molar-refractivity contribution in [3.8, 4) is 0 Å². The highest BCUT2D eigenvalue weighted by molar-refractivity contribution is 7.91. The molecule has 112 valence electrons. The van der Waals surface area contributed by atoms with Crippen LogP contribution >= 0.6 is 0 Å². The first kappa shape index (κ1) is 16.4. The van der Waals surface area contributed by atoms with Crippen LogP contribution in [-0.4, -0.2) is 55.5 Å². The van der Waals surface area contributed by atoms with E-state index in [1.807, 2.05) is 25.7 Å². The highest BCUT2D eigenvalue weighted by Gasteiger charge is 2.47. The number of hydrogen-bond donors (Lipinski definition) is 1. The Morgan fingerprint density at radius 1 is 1.37 bits per heavy atom. The quantitative estimate of drug-likeness (QED) is 0.764. The highest BCUT2D eigenvalue weighted by Crippen LogP contribution is 2.37. The van der Waals surface area contributed by atoms with E-state index in [1.54, 1.807) is 0 Å². The first-order valence-electron chi connectivity index (χ1n) is 6.89. The van der Waals surface area contributed by atoms with Gasteiger partial charge in [-0.1, -0.05) is 20.8 Å². The third-order valence-electron chi connectivity index (χ3n) is 4.14. The normalized spacial score (nSPS) is 25.1. The number of likely N-dealkylation sites (tertiary alicyclic amines) is 1. The van der Waals surface area contributed by atoms with Crippen LogP contribution in [0.3, 0.4) is 0 Å². The number of hydrogen-bond acceptors (Lipinski definition) is 4. The Bertz CT molecular complexity index is 418. The molecule has 19 heavy (non-hydrogen) atoms. The van der Waals surface area contributed by atoms with E-state index in [-0.39, 0.29) is 17.4 Å². The number of carboxylic acids is 1. The van der Waals surface area contributed by atoms with Crippen molar-refractivity contribution in [3.63, 3.8) is 0 Å². The van der Waals surface area contributed by atoms with E-state index in [9.17, 15) is 18.3 Å². The second-order valence-electron chi connectivity index (χ2n) is 5.79. The van der Waals surface area contributed by atoms with E-state index >= 15 is 0 Å². The van der Waals surface area contributed by atoms with Crippen LogP contribution in [-0.2, 0) is 14.6 Å². The second kappa shape index (κ2) is 6.22. The smallest absolute Gasteiger partial charge is 0.311 e. The molecule has 1 saturated heterocycles. The van der Waals surface area contributed by atoms with E-state index in [0.717, 1.165) is 0 Å². The van der Waals surface area contributed by atoms with E-state index in [4.69, 9.17) is 0 Å². The van der Waals surface area contributed by atoms with Gasteiger partial charge in [-0.05, 0) is 25.3 Å². The summed E-state index contributed by atoms with van der Waals surface area (Å²) in [6.07, 6.45) is 1.24. The van der Waals surface area contributed by atoms with Crippen molar-refractivity contribution < 1.29 is 18.3 Å². The van der Waals surface area contributed by atoms with Crippen molar-refractivity contribution >= 4 is 15.8 Å². The Kier molecular flexibility index (Phi) is 5.38. The molecule has 1 fully saturated rings. The fourth-order valence-electron chi connectivity index (χ4n) is 2.68. The highest BCUT2D eigenvalue weighted by atomic mass is 32.2. The molecule has 0 amide bonds. The molecule has 1 aliphatic heterocycles. The fourth-order valence-corrected chi connectivity index (χ4v) is 4.04. The summed E-state index contributed by atoms with van der Waals surface area (Å²) >= 11 is 0. The maximum absolute atomic E-state index is 11.7. The largest absolute Gasteiger partial charge is 0.481 e. The molecule has 5 nitrogen and oxygen atoms in total. The molecular weight excluding hydrogens is 266 g/mol. The predicted molar refractivity (Wildman–Crippen MR) is 74.9 cm³/mol. The Morgan fingerprint density at radius 2 is 2.00 bits per heavy atom. The minimum absolute atomic E-state index is 0.0576. The molecule has 6 heteroatoms. The van der Waals surface area contributed by atoms with E-state index in [1.165, 1.54) is 0 Å². The van der Waals surface area contributed by atoms with Gasteiger partial charge in [0, 0.05) is 18.8 Å². The Labute approximate surface area is 115 Å². The summed E-state index contributed by atoms with van der Waals surface area (Å²) in [5.74, 6) is -0.354. The van der Waals surface area contributed by atoms with Gasteiger partial charge in [-0.25, -0.2) is 8.42 Å². The summed E-state index contributed by atoms with van der Waals surface area (Å²) in [7, 11) is -2.99. The van der Waals surface area contributed by atoms with Crippen LogP contribution in [0, 0.1) is 11.3 Å². The first-order chi connectivity index (χ1) is 8.73. The summed E-state index contributed by atoms with van der Waals surface area (Å²) in [5.41, 5.74) is -0.714. The SMILES string of the molecule is CCCS(=O)(=O)CCN1CCC(C(=O)O)(C(C)C)C1. The minimum atomic E-state index is -2.99. The molecule has 0 aromatic carbocycles. The Morgan fingerprint density at radius 3 is 2.42 bits per heavy atom. The van der Waals surface area contributed by atoms with Crippen LogP contribution in [0.4, 0.5) is 0 Å². The molecule has 0 aliphatic carbocycles. The van der Waals surface area contributed by atoms with Crippen molar-refractivity contribution in [1.29, 1.82) is 0 Å². The number of sulfone groups is 1. The monoisotopic (exact) mass is 291 g/mol. The van der Waals surface area contributed by atoms with Crippen molar-refractivity contribution in [3.05, 3.63) is 0 Å². The third-order valence-corrected chi connectivity index (χ3v) is 5.98.